The van der Waals surface area contributed by atoms with Gasteiger partial charge in [0.15, 0.2) is 0 Å². The summed E-state index contributed by atoms with van der Waals surface area (Å²) < 4.78 is 0. The van der Waals surface area contributed by atoms with E-state index in [1.807, 2.05) is 82.6 Å². The second kappa shape index (κ2) is 14.9. The summed E-state index contributed by atoms with van der Waals surface area (Å²) in [6, 6.07) is 30.9. The molecule has 7 rings (SSSR count). The van der Waals surface area contributed by atoms with Gasteiger partial charge in [-0.05, 0) is 66.7 Å². The molecule has 0 aliphatic heterocycles. The molecule has 0 bridgehead atoms. The third-order valence-electron chi connectivity index (χ3n) is 7.70. The van der Waals surface area contributed by atoms with Gasteiger partial charge in [0.2, 0.25) is 11.9 Å². The van der Waals surface area contributed by atoms with Gasteiger partial charge in [-0.3, -0.25) is 19.9 Å². The number of anilines is 2. The lowest BCUT2D eigenvalue weighted by molar-refractivity contribution is 0.475. The zero-order chi connectivity index (χ0) is 34.1. The van der Waals surface area contributed by atoms with Crippen LogP contribution >= 0.6 is 0 Å². The van der Waals surface area contributed by atoms with Gasteiger partial charge < -0.3 is 20.0 Å². The molecular formula is C37H31N11O2. The molecule has 0 spiro atoms. The molecule has 0 radical (unpaired) electrons. The van der Waals surface area contributed by atoms with Gasteiger partial charge in [-0.25, -0.2) is 0 Å². The zero-order valence-corrected chi connectivity index (χ0v) is 26.8. The Balaban J connectivity index is 1.36. The van der Waals surface area contributed by atoms with Crippen LogP contribution in [0.3, 0.4) is 0 Å². The number of fused-ring (bicyclic) bond motifs is 1. The van der Waals surface area contributed by atoms with Crippen molar-refractivity contribution in [2.75, 3.05) is 9.80 Å². The van der Waals surface area contributed by atoms with Crippen molar-refractivity contribution in [2.24, 2.45) is 10.2 Å². The van der Waals surface area contributed by atoms with Gasteiger partial charge in [0.05, 0.1) is 60.0 Å². The van der Waals surface area contributed by atoms with E-state index < -0.39 is 0 Å². The lowest BCUT2D eigenvalue weighted by Crippen LogP contribution is -2.29. The van der Waals surface area contributed by atoms with E-state index in [9.17, 15) is 10.2 Å². The predicted molar refractivity (Wildman–Crippen MR) is 188 cm³/mol. The van der Waals surface area contributed by atoms with Crippen LogP contribution in [0.25, 0.3) is 10.8 Å². The minimum absolute atomic E-state index is 0.0129. The maximum absolute atomic E-state index is 10.7. The van der Waals surface area contributed by atoms with Crippen LogP contribution in [-0.4, -0.2) is 45.1 Å². The van der Waals surface area contributed by atoms with Crippen LogP contribution in [0.5, 0.6) is 11.5 Å². The smallest absolute Gasteiger partial charge is 0.275 e. The molecule has 50 heavy (non-hydrogen) atoms. The fourth-order valence-corrected chi connectivity index (χ4v) is 5.35. The number of phenols is 2. The first-order chi connectivity index (χ1) is 24.6. The summed E-state index contributed by atoms with van der Waals surface area (Å²) in [5.41, 5.74) is 3.55. The first-order valence-corrected chi connectivity index (χ1v) is 15.8. The topological polar surface area (TPSA) is 162 Å². The Bertz CT molecular complexity index is 2020. The zero-order valence-electron chi connectivity index (χ0n) is 26.8. The molecule has 0 saturated carbocycles. The Hall–Kier alpha value is -6.89. The molecule has 0 atom stereocenters. The van der Waals surface area contributed by atoms with Crippen molar-refractivity contribution in [3.05, 3.63) is 151 Å². The number of aromatic nitrogens is 7. The van der Waals surface area contributed by atoms with Gasteiger partial charge in [-0.2, -0.15) is 15.0 Å². The number of nitrogens with zero attached hydrogens (tertiary/aromatic N) is 11. The first kappa shape index (κ1) is 31.7. The fourth-order valence-electron chi connectivity index (χ4n) is 5.35. The second-order valence-electron chi connectivity index (χ2n) is 11.2. The summed E-state index contributed by atoms with van der Waals surface area (Å²) in [5, 5.41) is 30.8. The molecule has 0 amide bonds. The summed E-state index contributed by atoms with van der Waals surface area (Å²) in [4.78, 5) is 36.7. The third-order valence-corrected chi connectivity index (χ3v) is 7.70. The summed E-state index contributed by atoms with van der Waals surface area (Å²) in [5.74, 6) is 0.647. The van der Waals surface area contributed by atoms with Gasteiger partial charge in [-0.15, -0.1) is 10.2 Å². The van der Waals surface area contributed by atoms with E-state index in [1.54, 1.807) is 43.0 Å². The summed E-state index contributed by atoms with van der Waals surface area (Å²) in [6.45, 7) is 1.48. The van der Waals surface area contributed by atoms with E-state index >= 15 is 0 Å². The molecule has 2 aromatic carbocycles. The van der Waals surface area contributed by atoms with Crippen LogP contribution in [-0.2, 0) is 26.2 Å². The van der Waals surface area contributed by atoms with Gasteiger partial charge in [0, 0.05) is 30.2 Å². The molecule has 0 aliphatic carbocycles. The van der Waals surface area contributed by atoms with Crippen LogP contribution in [0.4, 0.5) is 23.5 Å². The van der Waals surface area contributed by atoms with Crippen LogP contribution in [0.2, 0.25) is 0 Å². The van der Waals surface area contributed by atoms with E-state index in [-0.39, 0.29) is 17.4 Å². The molecular weight excluding hydrogens is 630 g/mol. The van der Waals surface area contributed by atoms with Crippen molar-refractivity contribution in [3.8, 4) is 11.5 Å². The van der Waals surface area contributed by atoms with Crippen molar-refractivity contribution in [1.82, 2.24) is 34.9 Å². The predicted octanol–water partition coefficient (Wildman–Crippen LogP) is 6.85. The Morgan fingerprint density at radius 2 is 0.940 bits per heavy atom. The van der Waals surface area contributed by atoms with E-state index in [1.165, 1.54) is 12.1 Å². The quantitative estimate of drug-likeness (QED) is 0.132. The lowest BCUT2D eigenvalue weighted by Gasteiger charge is -2.26. The van der Waals surface area contributed by atoms with Gasteiger partial charge in [0.25, 0.3) is 5.95 Å². The number of benzene rings is 2. The van der Waals surface area contributed by atoms with Crippen LogP contribution in [0.1, 0.15) is 22.8 Å². The number of rotatable bonds is 12. The highest BCUT2D eigenvalue weighted by atomic mass is 16.3. The first-order valence-electron chi connectivity index (χ1n) is 15.8. The van der Waals surface area contributed by atoms with E-state index in [4.69, 9.17) is 15.0 Å². The molecule has 5 heterocycles. The van der Waals surface area contributed by atoms with Gasteiger partial charge in [-0.1, -0.05) is 36.4 Å². The summed E-state index contributed by atoms with van der Waals surface area (Å²) in [6.07, 6.45) is 6.97. The van der Waals surface area contributed by atoms with E-state index in [2.05, 4.69) is 30.2 Å². The van der Waals surface area contributed by atoms with Crippen molar-refractivity contribution >= 4 is 34.3 Å². The molecule has 0 fully saturated rings. The molecule has 5 aromatic heterocycles. The molecule has 0 aliphatic rings. The number of phenolic OH excluding ortho intramolecular Hbond substituents is 2. The molecule has 2 N–H and O–H groups in total. The number of hydrogen-bond donors (Lipinski definition) is 2. The Kier molecular flexibility index (Phi) is 9.45. The van der Waals surface area contributed by atoms with Crippen LogP contribution < -0.4 is 9.80 Å². The highest BCUT2D eigenvalue weighted by Crippen LogP contribution is 2.38. The number of aromatic hydroxyl groups is 2. The molecule has 13 nitrogen and oxygen atoms in total. The fraction of sp³-hybridized carbons (Fsp3) is 0.108. The Morgan fingerprint density at radius 3 is 1.38 bits per heavy atom. The minimum atomic E-state index is -0.0434. The van der Waals surface area contributed by atoms with Crippen LogP contribution in [0.15, 0.2) is 138 Å². The molecule has 0 saturated heterocycles. The molecule has 13 heteroatoms. The van der Waals surface area contributed by atoms with Crippen LogP contribution in [0, 0.1) is 0 Å². The molecule has 7 aromatic rings. The van der Waals surface area contributed by atoms with E-state index in [0.717, 1.165) is 22.8 Å². The SMILES string of the molecule is Oc1ccc(/N=N/c2nc(N(Cc3ccccn3)Cc3ccccn3)nc(N(Cc3ccccn3)Cc3ccccn3)n2)c2c(O)cccc12. The largest absolute Gasteiger partial charge is 0.507 e. The number of hydrogen-bond acceptors (Lipinski definition) is 13. The van der Waals surface area contributed by atoms with Crippen molar-refractivity contribution in [1.29, 1.82) is 0 Å². The van der Waals surface area contributed by atoms with Gasteiger partial charge in [0.1, 0.15) is 11.5 Å². The number of pyridine rings is 4. The minimum Gasteiger partial charge on any atom is -0.507 e. The summed E-state index contributed by atoms with van der Waals surface area (Å²) in [7, 11) is 0. The standard InChI is InChI=1S/C37H31N11O2/c49-32-17-16-31(34-30(32)14-9-15-33(34)50)45-46-35-42-36(47(22-26-10-1-5-18-38-26)23-27-11-2-6-19-39-27)44-37(43-35)48(24-28-12-3-7-20-40-28)25-29-13-4-8-21-41-29/h1-21,49-50H,22-25H2/b46-45+. The normalized spacial score (nSPS) is 11.2. The summed E-state index contributed by atoms with van der Waals surface area (Å²) >= 11 is 0. The Morgan fingerprint density at radius 1 is 0.460 bits per heavy atom. The third kappa shape index (κ3) is 7.63. The van der Waals surface area contributed by atoms with Crippen molar-refractivity contribution < 1.29 is 10.2 Å². The molecule has 0 unspecified atom stereocenters. The second-order valence-corrected chi connectivity index (χ2v) is 11.2. The number of azo groups is 1. The van der Waals surface area contributed by atoms with Crippen molar-refractivity contribution in [2.45, 2.75) is 26.2 Å². The highest BCUT2D eigenvalue weighted by Gasteiger charge is 2.21. The van der Waals surface area contributed by atoms with E-state index in [0.29, 0.717) is 54.5 Å². The maximum Gasteiger partial charge on any atom is 0.275 e. The lowest BCUT2D eigenvalue weighted by atomic mass is 10.1. The van der Waals surface area contributed by atoms with Gasteiger partial charge >= 0.3 is 0 Å². The average Bonchev–Trinajstić information content (AvgIpc) is 3.16. The highest BCUT2D eigenvalue weighted by molar-refractivity contribution is 6.00. The molecule has 246 valence electrons. The maximum atomic E-state index is 10.7. The monoisotopic (exact) mass is 661 g/mol. The Labute approximate surface area is 287 Å². The van der Waals surface area contributed by atoms with Crippen molar-refractivity contribution in [3.63, 3.8) is 0 Å². The average molecular weight is 662 g/mol.